The first-order chi connectivity index (χ1) is 15.4. The standard InChI is InChI=1S/C26H26FNO4/c1-15-13-22(15)20-3-2-4-21-24(20)26(31)28(25(21)30)18-9-11-19(12-10-18)32-14-23(29)16-5-7-17(27)8-6-16/h2-3,5-12,15,20-22,24-25,30H,4,13-14H2,1H3/t15?,20?,21?,22?,24?,25-/m0/s1. The summed E-state index contributed by atoms with van der Waals surface area (Å²) in [4.78, 5) is 27.0. The Balaban J connectivity index is 1.26. The van der Waals surface area contributed by atoms with Gasteiger partial charge in [-0.25, -0.2) is 4.39 Å². The maximum absolute atomic E-state index is 13.3. The maximum Gasteiger partial charge on any atom is 0.233 e. The first kappa shape index (κ1) is 20.9. The van der Waals surface area contributed by atoms with Crippen molar-refractivity contribution in [1.82, 2.24) is 0 Å². The summed E-state index contributed by atoms with van der Waals surface area (Å²) in [5.74, 6) is 0.924. The summed E-state index contributed by atoms with van der Waals surface area (Å²) in [5.41, 5.74) is 1.00. The number of aliphatic hydroxyl groups excluding tert-OH is 1. The molecule has 0 spiro atoms. The van der Waals surface area contributed by atoms with Crippen LogP contribution in [-0.2, 0) is 4.79 Å². The monoisotopic (exact) mass is 435 g/mol. The molecule has 1 aliphatic heterocycles. The second-order valence-corrected chi connectivity index (χ2v) is 9.14. The number of ketones is 1. The fourth-order valence-electron chi connectivity index (χ4n) is 5.23. The fourth-order valence-corrected chi connectivity index (χ4v) is 5.23. The van der Waals surface area contributed by atoms with Gasteiger partial charge in [0.2, 0.25) is 5.91 Å². The Kier molecular flexibility index (Phi) is 5.33. The smallest absolute Gasteiger partial charge is 0.233 e. The van der Waals surface area contributed by atoms with E-state index in [-0.39, 0.29) is 36.1 Å². The first-order valence-electron chi connectivity index (χ1n) is 11.1. The van der Waals surface area contributed by atoms with Gasteiger partial charge in [0.1, 0.15) is 17.8 Å². The molecule has 0 radical (unpaired) electrons. The minimum Gasteiger partial charge on any atom is -0.485 e. The quantitative estimate of drug-likeness (QED) is 0.545. The highest BCUT2D eigenvalue weighted by Gasteiger charge is 2.55. The van der Waals surface area contributed by atoms with Crippen LogP contribution in [0.4, 0.5) is 10.1 Å². The van der Waals surface area contributed by atoms with E-state index in [1.807, 2.05) is 0 Å². The van der Waals surface area contributed by atoms with E-state index in [0.29, 0.717) is 35.3 Å². The van der Waals surface area contributed by atoms with Crippen molar-refractivity contribution < 1.29 is 23.8 Å². The molecular weight excluding hydrogens is 409 g/mol. The Bertz CT molecular complexity index is 1050. The van der Waals surface area contributed by atoms with Crippen LogP contribution in [0, 0.1) is 35.4 Å². The number of hydrogen-bond donors (Lipinski definition) is 1. The molecule has 1 N–H and O–H groups in total. The van der Waals surface area contributed by atoms with Gasteiger partial charge in [-0.15, -0.1) is 0 Å². The summed E-state index contributed by atoms with van der Waals surface area (Å²) < 4.78 is 18.6. The van der Waals surface area contributed by atoms with Crippen molar-refractivity contribution in [3.05, 3.63) is 72.1 Å². The molecule has 1 heterocycles. The zero-order valence-electron chi connectivity index (χ0n) is 17.9. The van der Waals surface area contributed by atoms with Gasteiger partial charge in [-0.05, 0) is 79.1 Å². The number of Topliss-reactive ketones (excluding diaryl/α,β-unsaturated/α-hetero) is 1. The van der Waals surface area contributed by atoms with Crippen molar-refractivity contribution >= 4 is 17.4 Å². The number of aliphatic hydroxyl groups is 1. The van der Waals surface area contributed by atoms with E-state index in [1.54, 1.807) is 24.3 Å². The number of anilines is 1. The predicted molar refractivity (Wildman–Crippen MR) is 118 cm³/mol. The molecule has 5 unspecified atom stereocenters. The number of benzene rings is 2. The molecule has 6 heteroatoms. The molecule has 166 valence electrons. The largest absolute Gasteiger partial charge is 0.485 e. The first-order valence-corrected chi connectivity index (χ1v) is 11.1. The van der Waals surface area contributed by atoms with E-state index in [1.165, 1.54) is 29.2 Å². The minimum atomic E-state index is -0.846. The zero-order valence-corrected chi connectivity index (χ0v) is 17.9. The Labute approximate surface area is 186 Å². The number of hydrogen-bond acceptors (Lipinski definition) is 4. The Hall–Kier alpha value is -2.99. The number of ether oxygens (including phenoxy) is 1. The van der Waals surface area contributed by atoms with Crippen molar-refractivity contribution in [3.63, 3.8) is 0 Å². The van der Waals surface area contributed by atoms with Crippen molar-refractivity contribution in [1.29, 1.82) is 0 Å². The molecule has 5 nitrogen and oxygen atoms in total. The second kappa shape index (κ2) is 8.17. The van der Waals surface area contributed by atoms with E-state index >= 15 is 0 Å². The van der Waals surface area contributed by atoms with Crippen LogP contribution in [0.3, 0.4) is 0 Å². The lowest BCUT2D eigenvalue weighted by Crippen LogP contribution is -2.35. The van der Waals surface area contributed by atoms with Crippen LogP contribution >= 0.6 is 0 Å². The molecule has 1 saturated carbocycles. The van der Waals surface area contributed by atoms with Crippen LogP contribution < -0.4 is 9.64 Å². The molecule has 6 atom stereocenters. The normalized spacial score (nSPS) is 30.8. The van der Waals surface area contributed by atoms with E-state index in [0.717, 1.165) is 6.42 Å². The fraction of sp³-hybridized carbons (Fsp3) is 0.385. The van der Waals surface area contributed by atoms with Crippen molar-refractivity contribution in [3.8, 4) is 5.75 Å². The Morgan fingerprint density at radius 2 is 1.81 bits per heavy atom. The lowest BCUT2D eigenvalue weighted by molar-refractivity contribution is -0.122. The maximum atomic E-state index is 13.3. The minimum absolute atomic E-state index is 0.0175. The second-order valence-electron chi connectivity index (χ2n) is 9.14. The number of amides is 1. The van der Waals surface area contributed by atoms with Gasteiger partial charge in [0, 0.05) is 17.2 Å². The molecule has 2 fully saturated rings. The lowest BCUT2D eigenvalue weighted by Gasteiger charge is -2.28. The van der Waals surface area contributed by atoms with Gasteiger partial charge in [-0.2, -0.15) is 0 Å². The van der Waals surface area contributed by atoms with Gasteiger partial charge in [-0.1, -0.05) is 19.1 Å². The number of rotatable bonds is 6. The molecular formula is C26H26FNO4. The molecule has 0 aromatic heterocycles. The van der Waals surface area contributed by atoms with E-state index in [9.17, 15) is 19.1 Å². The molecule has 1 amide bonds. The topological polar surface area (TPSA) is 66.8 Å². The molecule has 5 rings (SSSR count). The molecule has 0 bridgehead atoms. The number of halogens is 1. The summed E-state index contributed by atoms with van der Waals surface area (Å²) in [5, 5.41) is 11.0. The highest BCUT2D eigenvalue weighted by Crippen LogP contribution is 2.53. The molecule has 32 heavy (non-hydrogen) atoms. The molecule has 2 aromatic carbocycles. The molecule has 2 aliphatic carbocycles. The summed E-state index contributed by atoms with van der Waals surface area (Å²) in [6.07, 6.45) is 5.30. The SMILES string of the molecule is CC1CC1C1C=CCC2C1C(=O)N(c1ccc(OCC(=O)c3ccc(F)cc3)cc1)[C@H]2O. The van der Waals surface area contributed by atoms with Crippen molar-refractivity contribution in [2.75, 3.05) is 11.5 Å². The zero-order chi connectivity index (χ0) is 22.4. The third-order valence-electron chi connectivity index (χ3n) is 7.13. The highest BCUT2D eigenvalue weighted by atomic mass is 19.1. The predicted octanol–water partition coefficient (Wildman–Crippen LogP) is 4.22. The third-order valence-corrected chi connectivity index (χ3v) is 7.13. The summed E-state index contributed by atoms with van der Waals surface area (Å²) in [6.45, 7) is 2.04. The van der Waals surface area contributed by atoms with Crippen LogP contribution in [0.15, 0.2) is 60.7 Å². The third kappa shape index (κ3) is 3.73. The van der Waals surface area contributed by atoms with Gasteiger partial charge >= 0.3 is 0 Å². The van der Waals surface area contributed by atoms with E-state index in [4.69, 9.17) is 4.74 Å². The molecule has 3 aliphatic rings. The Morgan fingerprint density at radius 1 is 1.12 bits per heavy atom. The average Bonchev–Trinajstić information content (AvgIpc) is 3.48. The van der Waals surface area contributed by atoms with Crippen molar-refractivity contribution in [2.45, 2.75) is 26.0 Å². The molecule has 1 saturated heterocycles. The van der Waals surface area contributed by atoms with Crippen LogP contribution in [0.2, 0.25) is 0 Å². The number of nitrogens with zero attached hydrogens (tertiary/aromatic N) is 1. The number of fused-ring (bicyclic) bond motifs is 1. The van der Waals surface area contributed by atoms with Crippen molar-refractivity contribution in [2.24, 2.45) is 29.6 Å². The van der Waals surface area contributed by atoms with E-state index in [2.05, 4.69) is 19.1 Å². The van der Waals surface area contributed by atoms with Crippen LogP contribution in [0.25, 0.3) is 0 Å². The Morgan fingerprint density at radius 3 is 2.47 bits per heavy atom. The van der Waals surface area contributed by atoms with E-state index < -0.39 is 12.0 Å². The van der Waals surface area contributed by atoms with Crippen LogP contribution in [-0.4, -0.2) is 29.6 Å². The number of carbonyl (C=O) groups excluding carboxylic acids is 2. The highest BCUT2D eigenvalue weighted by molar-refractivity contribution is 5.99. The van der Waals surface area contributed by atoms with Gasteiger partial charge in [0.25, 0.3) is 0 Å². The van der Waals surface area contributed by atoms with Gasteiger partial charge < -0.3 is 9.84 Å². The number of allylic oxidation sites excluding steroid dienone is 2. The average molecular weight is 435 g/mol. The van der Waals surface area contributed by atoms with Gasteiger partial charge in [0.05, 0.1) is 5.92 Å². The summed E-state index contributed by atoms with van der Waals surface area (Å²) in [6, 6.07) is 12.2. The summed E-state index contributed by atoms with van der Waals surface area (Å²) >= 11 is 0. The van der Waals surface area contributed by atoms with Gasteiger partial charge in [0.15, 0.2) is 12.4 Å². The summed E-state index contributed by atoms with van der Waals surface area (Å²) in [7, 11) is 0. The van der Waals surface area contributed by atoms with Gasteiger partial charge in [-0.3, -0.25) is 14.5 Å². The van der Waals surface area contributed by atoms with Crippen LogP contribution in [0.1, 0.15) is 30.1 Å². The van der Waals surface area contributed by atoms with Crippen LogP contribution in [0.5, 0.6) is 5.75 Å². The molecule has 2 aromatic rings. The number of carbonyl (C=O) groups is 2. The lowest BCUT2D eigenvalue weighted by atomic mass is 9.74.